The Morgan fingerprint density at radius 2 is 1.80 bits per heavy atom. The van der Waals surface area contributed by atoms with Crippen molar-refractivity contribution in [3.63, 3.8) is 0 Å². The second-order valence-electron chi connectivity index (χ2n) is 3.91. The second kappa shape index (κ2) is 7.42. The van der Waals surface area contributed by atoms with E-state index in [-0.39, 0.29) is 18.4 Å². The van der Waals surface area contributed by atoms with Crippen molar-refractivity contribution < 1.29 is 27.8 Å². The van der Waals surface area contributed by atoms with E-state index < -0.39 is 26.1 Å². The highest BCUT2D eigenvalue weighted by atomic mass is 31.2. The summed E-state index contributed by atoms with van der Waals surface area (Å²) in [5.41, 5.74) is -0.551. The molecule has 0 aliphatic carbocycles. The summed E-state index contributed by atoms with van der Waals surface area (Å²) in [5.74, 6) is 0. The standard InChI is InChI=1S/C11H14F3N2O3P/c12-11(13,14)8-2-4-9(5-3-8)16-10(17)15-6-1-7-20(18)19/h2-5,18-19H,1,6-7H2,(H2,15,16,17). The SMILES string of the molecule is O=C(NCCCP(O)O)Nc1ccc(C(F)(F)F)cc1. The predicted octanol–water partition coefficient (Wildman–Crippen LogP) is 2.51. The number of nitrogens with one attached hydrogen (secondary N) is 2. The van der Waals surface area contributed by atoms with Crippen LogP contribution in [0.3, 0.4) is 0 Å². The number of carbonyl (C=O) groups is 1. The van der Waals surface area contributed by atoms with Gasteiger partial charge >= 0.3 is 12.2 Å². The maximum atomic E-state index is 12.3. The maximum absolute atomic E-state index is 12.3. The Kier molecular flexibility index (Phi) is 6.19. The molecule has 5 nitrogen and oxygen atoms in total. The summed E-state index contributed by atoms with van der Waals surface area (Å²) in [6.45, 7) is 0.242. The lowest BCUT2D eigenvalue weighted by Gasteiger charge is -2.10. The summed E-state index contributed by atoms with van der Waals surface area (Å²) < 4.78 is 36.9. The summed E-state index contributed by atoms with van der Waals surface area (Å²) in [6.07, 6.45) is -3.82. The molecule has 0 radical (unpaired) electrons. The van der Waals surface area contributed by atoms with Gasteiger partial charge in [-0.1, -0.05) is 0 Å². The highest BCUT2D eigenvalue weighted by molar-refractivity contribution is 7.45. The smallest absolute Gasteiger partial charge is 0.350 e. The third-order valence-electron chi connectivity index (χ3n) is 2.29. The van der Waals surface area contributed by atoms with Gasteiger partial charge in [-0.3, -0.25) is 0 Å². The molecule has 0 bridgehead atoms. The van der Waals surface area contributed by atoms with Crippen LogP contribution < -0.4 is 10.6 Å². The monoisotopic (exact) mass is 310 g/mol. The molecule has 0 aliphatic rings. The van der Waals surface area contributed by atoms with Gasteiger partial charge in [0, 0.05) is 18.4 Å². The average Bonchev–Trinajstić information content (AvgIpc) is 2.34. The fourth-order valence-electron chi connectivity index (χ4n) is 1.34. The first kappa shape index (κ1) is 16.7. The van der Waals surface area contributed by atoms with E-state index >= 15 is 0 Å². The normalized spacial score (nSPS) is 11.5. The van der Waals surface area contributed by atoms with E-state index in [1.54, 1.807) is 0 Å². The molecule has 20 heavy (non-hydrogen) atoms. The number of alkyl halides is 3. The van der Waals surface area contributed by atoms with E-state index in [9.17, 15) is 18.0 Å². The number of urea groups is 1. The minimum absolute atomic E-state index is 0.190. The number of amides is 2. The van der Waals surface area contributed by atoms with E-state index in [0.717, 1.165) is 24.3 Å². The van der Waals surface area contributed by atoms with Crippen LogP contribution in [0.2, 0.25) is 0 Å². The molecule has 4 N–H and O–H groups in total. The maximum Gasteiger partial charge on any atom is 0.416 e. The lowest BCUT2D eigenvalue weighted by Crippen LogP contribution is -2.29. The van der Waals surface area contributed by atoms with Crippen LogP contribution >= 0.6 is 8.38 Å². The van der Waals surface area contributed by atoms with Crippen LogP contribution in [0.15, 0.2) is 24.3 Å². The summed E-state index contributed by atoms with van der Waals surface area (Å²) in [4.78, 5) is 28.7. The van der Waals surface area contributed by atoms with Crippen molar-refractivity contribution in [3.05, 3.63) is 29.8 Å². The van der Waals surface area contributed by atoms with E-state index in [1.807, 2.05) is 0 Å². The van der Waals surface area contributed by atoms with Crippen molar-refractivity contribution in [2.75, 3.05) is 18.0 Å². The number of hydrogen-bond donors (Lipinski definition) is 4. The summed E-state index contributed by atoms with van der Waals surface area (Å²) in [6, 6.07) is 3.50. The molecule has 0 saturated carbocycles. The Morgan fingerprint density at radius 3 is 2.30 bits per heavy atom. The molecule has 112 valence electrons. The second-order valence-corrected chi connectivity index (χ2v) is 5.10. The van der Waals surface area contributed by atoms with Crippen LogP contribution in [0, 0.1) is 0 Å². The first-order chi connectivity index (χ1) is 9.29. The van der Waals surface area contributed by atoms with Gasteiger partial charge in [0.1, 0.15) is 0 Å². The van der Waals surface area contributed by atoms with Crippen molar-refractivity contribution in [2.24, 2.45) is 0 Å². The molecule has 0 heterocycles. The highest BCUT2D eigenvalue weighted by Crippen LogP contribution is 2.29. The number of benzene rings is 1. The van der Waals surface area contributed by atoms with Crippen LogP contribution in [0.1, 0.15) is 12.0 Å². The van der Waals surface area contributed by atoms with Crippen LogP contribution in [0.25, 0.3) is 0 Å². The van der Waals surface area contributed by atoms with Gasteiger partial charge in [0.05, 0.1) is 5.56 Å². The van der Waals surface area contributed by atoms with E-state index in [2.05, 4.69) is 10.6 Å². The van der Waals surface area contributed by atoms with Crippen LogP contribution in [0.5, 0.6) is 0 Å². The molecule has 0 aromatic heterocycles. The van der Waals surface area contributed by atoms with Gasteiger partial charge in [-0.25, -0.2) is 4.79 Å². The van der Waals surface area contributed by atoms with E-state index in [1.165, 1.54) is 0 Å². The Hall–Kier alpha value is -1.37. The zero-order valence-electron chi connectivity index (χ0n) is 10.3. The molecular formula is C11H14F3N2O3P. The molecule has 2 amide bonds. The van der Waals surface area contributed by atoms with Crippen molar-refractivity contribution in [1.82, 2.24) is 5.32 Å². The van der Waals surface area contributed by atoms with Crippen LogP contribution in [0.4, 0.5) is 23.7 Å². The molecule has 0 spiro atoms. The van der Waals surface area contributed by atoms with Crippen molar-refractivity contribution in [3.8, 4) is 0 Å². The van der Waals surface area contributed by atoms with Gasteiger partial charge in [0.15, 0.2) is 8.38 Å². The lowest BCUT2D eigenvalue weighted by molar-refractivity contribution is -0.137. The lowest BCUT2D eigenvalue weighted by atomic mass is 10.2. The molecule has 0 saturated heterocycles. The molecule has 9 heteroatoms. The Labute approximate surface area is 114 Å². The molecule has 0 aliphatic heterocycles. The molecule has 1 rings (SSSR count). The summed E-state index contributed by atoms with van der Waals surface area (Å²) in [5, 5.41) is 4.82. The number of carbonyl (C=O) groups excluding carboxylic acids is 1. The molecular weight excluding hydrogens is 296 g/mol. The Morgan fingerprint density at radius 1 is 1.20 bits per heavy atom. The average molecular weight is 310 g/mol. The Balaban J connectivity index is 2.39. The third kappa shape index (κ3) is 6.18. The van der Waals surface area contributed by atoms with Gasteiger partial charge in [-0.15, -0.1) is 0 Å². The molecule has 1 aromatic carbocycles. The van der Waals surface area contributed by atoms with Crippen molar-refractivity contribution >= 4 is 20.1 Å². The summed E-state index contributed by atoms with van der Waals surface area (Å²) in [7, 11) is -1.97. The van der Waals surface area contributed by atoms with Crippen LogP contribution in [-0.4, -0.2) is 28.5 Å². The first-order valence-electron chi connectivity index (χ1n) is 5.66. The predicted molar refractivity (Wildman–Crippen MR) is 69.3 cm³/mol. The minimum Gasteiger partial charge on any atom is -0.350 e. The zero-order valence-corrected chi connectivity index (χ0v) is 11.2. The zero-order chi connectivity index (χ0) is 15.2. The molecule has 0 unspecified atom stereocenters. The fraction of sp³-hybridized carbons (Fsp3) is 0.364. The molecule has 0 fully saturated rings. The minimum atomic E-state index is -4.41. The van der Waals surface area contributed by atoms with Gasteiger partial charge in [0.2, 0.25) is 0 Å². The third-order valence-corrected chi connectivity index (χ3v) is 3.01. The largest absolute Gasteiger partial charge is 0.416 e. The topological polar surface area (TPSA) is 81.6 Å². The van der Waals surface area contributed by atoms with Gasteiger partial charge in [-0.2, -0.15) is 13.2 Å². The van der Waals surface area contributed by atoms with Crippen molar-refractivity contribution in [1.29, 1.82) is 0 Å². The van der Waals surface area contributed by atoms with Crippen LogP contribution in [-0.2, 0) is 6.18 Å². The molecule has 1 aromatic rings. The number of hydrogen-bond acceptors (Lipinski definition) is 3. The van der Waals surface area contributed by atoms with E-state index in [0.29, 0.717) is 6.42 Å². The molecule has 0 atom stereocenters. The summed E-state index contributed by atoms with van der Waals surface area (Å²) >= 11 is 0. The van der Waals surface area contributed by atoms with Gasteiger partial charge in [0.25, 0.3) is 0 Å². The highest BCUT2D eigenvalue weighted by Gasteiger charge is 2.29. The quantitative estimate of drug-likeness (QED) is 0.498. The van der Waals surface area contributed by atoms with E-state index in [4.69, 9.17) is 9.79 Å². The number of halogens is 3. The number of rotatable bonds is 5. The van der Waals surface area contributed by atoms with Gasteiger partial charge < -0.3 is 20.4 Å². The van der Waals surface area contributed by atoms with Crippen molar-refractivity contribution in [2.45, 2.75) is 12.6 Å². The van der Waals surface area contributed by atoms with Gasteiger partial charge in [-0.05, 0) is 30.7 Å². The fourth-order valence-corrected chi connectivity index (χ4v) is 1.78. The number of anilines is 1. The Bertz CT molecular complexity index is 438. The first-order valence-corrected chi connectivity index (χ1v) is 7.09.